The highest BCUT2D eigenvalue weighted by atomic mass is 32.1. The van der Waals surface area contributed by atoms with Gasteiger partial charge in [-0.15, -0.1) is 22.7 Å². The number of thiophene rings is 2. The van der Waals surface area contributed by atoms with Crippen LogP contribution in [0.25, 0.3) is 73.7 Å². The number of fused-ring (bicyclic) bond motifs is 6. The molecule has 8 rings (SSSR count). The highest BCUT2D eigenvalue weighted by Crippen LogP contribution is 2.44. The average Bonchev–Trinajstić information content (AvgIpc) is 3.59. The maximum Gasteiger partial charge on any atom is 0.100 e. The fraction of sp³-hybridized carbons (Fsp3) is 0. The van der Waals surface area contributed by atoms with E-state index in [9.17, 15) is 5.26 Å². The second-order valence-corrected chi connectivity index (χ2v) is 12.1. The molecule has 0 aliphatic carbocycles. The lowest BCUT2D eigenvalue weighted by Gasteiger charge is -2.15. The van der Waals surface area contributed by atoms with Crippen molar-refractivity contribution in [2.45, 2.75) is 0 Å². The monoisotopic (exact) mass is 543 g/mol. The molecule has 8 aromatic rings. The average molecular weight is 544 g/mol. The van der Waals surface area contributed by atoms with E-state index in [-0.39, 0.29) is 0 Å². The smallest absolute Gasteiger partial charge is 0.100 e. The number of benzene rings is 6. The minimum absolute atomic E-state index is 0.711. The number of rotatable bonds is 3. The molecule has 3 heteroatoms. The molecule has 2 aromatic heterocycles. The highest BCUT2D eigenvalue weighted by Gasteiger charge is 2.19. The van der Waals surface area contributed by atoms with E-state index in [1.807, 2.05) is 29.5 Å². The molecule has 2 heterocycles. The van der Waals surface area contributed by atoms with Gasteiger partial charge in [0.05, 0.1) is 5.56 Å². The molecule has 6 aromatic carbocycles. The highest BCUT2D eigenvalue weighted by molar-refractivity contribution is 7.26. The van der Waals surface area contributed by atoms with Gasteiger partial charge in [0.2, 0.25) is 0 Å². The molecule has 0 saturated carbocycles. The van der Waals surface area contributed by atoms with Gasteiger partial charge in [-0.1, -0.05) is 97.1 Å². The molecule has 0 atom stereocenters. The van der Waals surface area contributed by atoms with Gasteiger partial charge in [0.15, 0.2) is 0 Å². The van der Waals surface area contributed by atoms with Crippen LogP contribution in [0.2, 0.25) is 0 Å². The van der Waals surface area contributed by atoms with Gasteiger partial charge in [0.1, 0.15) is 6.07 Å². The van der Waals surface area contributed by atoms with Crippen molar-refractivity contribution in [2.75, 3.05) is 0 Å². The molecule has 40 heavy (non-hydrogen) atoms. The predicted octanol–water partition coefficient (Wildman–Crippen LogP) is 11.3. The molecule has 0 amide bonds. The summed E-state index contributed by atoms with van der Waals surface area (Å²) in [6.07, 6.45) is 0. The summed E-state index contributed by atoms with van der Waals surface area (Å²) in [5.74, 6) is 0. The quantitative estimate of drug-likeness (QED) is 0.217. The van der Waals surface area contributed by atoms with Crippen molar-refractivity contribution in [1.29, 1.82) is 5.26 Å². The van der Waals surface area contributed by atoms with E-state index in [1.54, 1.807) is 11.3 Å². The number of nitrogens with zero attached hydrogens (tertiary/aromatic N) is 1. The van der Waals surface area contributed by atoms with Gasteiger partial charge in [-0.3, -0.25) is 0 Å². The molecule has 0 bridgehead atoms. The SMILES string of the molecule is N#Cc1c(-c2ccccc2)cc(-c2ccc3c(c2)sc2ccccc23)cc1-c1cccc2c1sc1ccccc12. The Kier molecular flexibility index (Phi) is 5.31. The molecule has 0 unspecified atom stereocenters. The van der Waals surface area contributed by atoms with Crippen molar-refractivity contribution in [1.82, 2.24) is 0 Å². The lowest BCUT2D eigenvalue weighted by Crippen LogP contribution is -1.93. The van der Waals surface area contributed by atoms with Crippen LogP contribution in [0.3, 0.4) is 0 Å². The molecule has 186 valence electrons. The van der Waals surface area contributed by atoms with E-state index >= 15 is 0 Å². The van der Waals surface area contributed by atoms with Crippen LogP contribution in [0, 0.1) is 11.3 Å². The Morgan fingerprint density at radius 3 is 1.88 bits per heavy atom. The second kappa shape index (κ2) is 9.17. The summed E-state index contributed by atoms with van der Waals surface area (Å²) in [6, 6.07) is 47.7. The molecule has 0 spiro atoms. The van der Waals surface area contributed by atoms with Crippen LogP contribution in [0.1, 0.15) is 5.56 Å². The standard InChI is InChI=1S/C37H21NS2/c38-22-33-31(23-9-2-1-3-10-23)19-25(24-17-18-28-26-11-4-6-15-34(26)39-36(28)21-24)20-32(33)30-14-8-13-29-27-12-5-7-16-35(27)40-37(29)30/h1-21H. The summed E-state index contributed by atoms with van der Waals surface area (Å²) in [5, 5.41) is 15.7. The van der Waals surface area contributed by atoms with Crippen molar-refractivity contribution in [3.63, 3.8) is 0 Å². The van der Waals surface area contributed by atoms with E-state index in [0.717, 1.165) is 33.4 Å². The van der Waals surface area contributed by atoms with Gasteiger partial charge in [-0.05, 0) is 47.0 Å². The Hall–Kier alpha value is -4.75. The lowest BCUT2D eigenvalue weighted by molar-refractivity contribution is 1.47. The minimum Gasteiger partial charge on any atom is -0.192 e. The van der Waals surface area contributed by atoms with Gasteiger partial charge >= 0.3 is 0 Å². The van der Waals surface area contributed by atoms with Gasteiger partial charge in [0.25, 0.3) is 0 Å². The zero-order chi connectivity index (χ0) is 26.6. The van der Waals surface area contributed by atoms with E-state index in [2.05, 4.69) is 115 Å². The van der Waals surface area contributed by atoms with Crippen molar-refractivity contribution in [3.8, 4) is 39.4 Å². The lowest BCUT2D eigenvalue weighted by atomic mass is 9.88. The van der Waals surface area contributed by atoms with Gasteiger partial charge in [0, 0.05) is 57.0 Å². The number of hydrogen-bond acceptors (Lipinski definition) is 3. The Balaban J connectivity index is 1.43. The fourth-order valence-corrected chi connectivity index (χ4v) is 8.23. The van der Waals surface area contributed by atoms with Gasteiger partial charge in [-0.2, -0.15) is 5.26 Å². The zero-order valence-corrected chi connectivity index (χ0v) is 23.0. The first-order chi connectivity index (χ1) is 19.8. The third kappa shape index (κ3) is 3.58. The number of hydrogen-bond donors (Lipinski definition) is 0. The maximum atomic E-state index is 10.6. The molecule has 0 saturated heterocycles. The molecular weight excluding hydrogens is 523 g/mol. The summed E-state index contributed by atoms with van der Waals surface area (Å²) < 4.78 is 5.06. The summed E-state index contributed by atoms with van der Waals surface area (Å²) >= 11 is 3.64. The van der Waals surface area contributed by atoms with Crippen LogP contribution in [-0.4, -0.2) is 0 Å². The first-order valence-corrected chi connectivity index (χ1v) is 14.9. The minimum atomic E-state index is 0.711. The summed E-state index contributed by atoms with van der Waals surface area (Å²) in [4.78, 5) is 0. The molecule has 0 fully saturated rings. The predicted molar refractivity (Wildman–Crippen MR) is 173 cm³/mol. The Morgan fingerprint density at radius 2 is 1.07 bits per heavy atom. The van der Waals surface area contributed by atoms with E-state index < -0.39 is 0 Å². The molecular formula is C37H21NS2. The van der Waals surface area contributed by atoms with Crippen LogP contribution in [0.5, 0.6) is 0 Å². The maximum absolute atomic E-state index is 10.6. The van der Waals surface area contributed by atoms with Crippen molar-refractivity contribution < 1.29 is 0 Å². The third-order valence-electron chi connectivity index (χ3n) is 7.74. The Bertz CT molecular complexity index is 2280. The summed E-state index contributed by atoms with van der Waals surface area (Å²) in [6.45, 7) is 0. The molecule has 1 nitrogen and oxygen atoms in total. The summed E-state index contributed by atoms with van der Waals surface area (Å²) in [7, 11) is 0. The molecule has 0 aliphatic rings. The van der Waals surface area contributed by atoms with Crippen molar-refractivity contribution >= 4 is 63.0 Å². The number of nitriles is 1. The second-order valence-electron chi connectivity index (χ2n) is 10.0. The van der Waals surface area contributed by atoms with E-state index in [4.69, 9.17) is 0 Å². The third-order valence-corrected chi connectivity index (χ3v) is 10.1. The van der Waals surface area contributed by atoms with Gasteiger partial charge in [-0.25, -0.2) is 0 Å². The van der Waals surface area contributed by atoms with Gasteiger partial charge < -0.3 is 0 Å². The Labute approximate surface area is 239 Å². The van der Waals surface area contributed by atoms with Crippen molar-refractivity contribution in [3.05, 3.63) is 133 Å². The zero-order valence-electron chi connectivity index (χ0n) is 21.4. The molecule has 0 N–H and O–H groups in total. The topological polar surface area (TPSA) is 23.8 Å². The Morgan fingerprint density at radius 1 is 0.425 bits per heavy atom. The van der Waals surface area contributed by atoms with E-state index in [1.165, 1.54) is 40.3 Å². The van der Waals surface area contributed by atoms with Crippen LogP contribution in [-0.2, 0) is 0 Å². The first kappa shape index (κ1) is 23.2. The normalized spacial score (nSPS) is 11.5. The molecule has 0 radical (unpaired) electrons. The fourth-order valence-electron chi connectivity index (χ4n) is 5.85. The van der Waals surface area contributed by atoms with Crippen LogP contribution < -0.4 is 0 Å². The van der Waals surface area contributed by atoms with Crippen LogP contribution in [0.4, 0.5) is 0 Å². The van der Waals surface area contributed by atoms with Crippen LogP contribution >= 0.6 is 22.7 Å². The summed E-state index contributed by atoms with van der Waals surface area (Å²) in [5.41, 5.74) is 7.09. The van der Waals surface area contributed by atoms with E-state index in [0.29, 0.717) is 5.56 Å². The van der Waals surface area contributed by atoms with Crippen LogP contribution in [0.15, 0.2) is 127 Å². The largest absolute Gasteiger partial charge is 0.192 e. The van der Waals surface area contributed by atoms with Crippen molar-refractivity contribution in [2.24, 2.45) is 0 Å². The first-order valence-electron chi connectivity index (χ1n) is 13.2. The molecule has 0 aliphatic heterocycles.